The number of aromatic carboxylic acids is 1. The Morgan fingerprint density at radius 2 is 1.68 bits per heavy atom. The van der Waals surface area contributed by atoms with Crippen LogP contribution in [0.15, 0.2) is 77.6 Å². The van der Waals surface area contributed by atoms with E-state index in [-0.39, 0.29) is 35.2 Å². The van der Waals surface area contributed by atoms with Gasteiger partial charge in [-0.3, -0.25) is 15.1 Å². The average Bonchev–Trinajstić information content (AvgIpc) is 3.47. The molecule has 3 aromatic carbocycles. The number of hydrogen-bond acceptors (Lipinski definition) is 7. The van der Waals surface area contributed by atoms with Gasteiger partial charge in [0.25, 0.3) is 5.56 Å². The first-order chi connectivity index (χ1) is 18.0. The number of amides is 1. The Bertz CT molecular complexity index is 1710. The first-order valence-corrected chi connectivity index (χ1v) is 11.3. The van der Waals surface area contributed by atoms with E-state index in [9.17, 15) is 19.5 Å². The Kier molecular flexibility index (Phi) is 5.22. The van der Waals surface area contributed by atoms with E-state index < -0.39 is 17.6 Å². The summed E-state index contributed by atoms with van der Waals surface area (Å²) in [6.45, 7) is 0.0996. The number of carbonyl (C=O) groups excluding carboxylic acids is 1. The lowest BCUT2D eigenvalue weighted by atomic mass is 9.98. The van der Waals surface area contributed by atoms with Crippen LogP contribution in [0, 0.1) is 0 Å². The van der Waals surface area contributed by atoms with Crippen molar-refractivity contribution < 1.29 is 19.4 Å². The van der Waals surface area contributed by atoms with E-state index in [0.29, 0.717) is 5.69 Å². The van der Waals surface area contributed by atoms with Gasteiger partial charge in [0.2, 0.25) is 11.6 Å². The van der Waals surface area contributed by atoms with Crippen LogP contribution in [0.25, 0.3) is 28.0 Å². The molecular formula is C26H18N6O5. The molecule has 3 N–H and O–H groups in total. The van der Waals surface area contributed by atoms with Crippen LogP contribution in [0.3, 0.4) is 0 Å². The summed E-state index contributed by atoms with van der Waals surface area (Å²) in [7, 11) is 0. The lowest BCUT2D eigenvalue weighted by molar-refractivity contribution is 0.0696. The van der Waals surface area contributed by atoms with Crippen LogP contribution in [-0.2, 0) is 4.74 Å². The Balaban J connectivity index is 1.21. The Morgan fingerprint density at radius 1 is 0.973 bits per heavy atom. The lowest BCUT2D eigenvalue weighted by Crippen LogP contribution is -2.21. The molecule has 0 saturated heterocycles. The zero-order valence-electron chi connectivity index (χ0n) is 19.1. The largest absolute Gasteiger partial charge is 0.478 e. The van der Waals surface area contributed by atoms with E-state index in [1.165, 1.54) is 18.2 Å². The van der Waals surface area contributed by atoms with Crippen molar-refractivity contribution in [2.75, 3.05) is 11.9 Å². The maximum absolute atomic E-state index is 12.6. The van der Waals surface area contributed by atoms with Crippen molar-refractivity contribution in [3.8, 4) is 16.8 Å². The molecule has 1 aliphatic carbocycles. The number of H-pyrrole nitrogens is 1. The van der Waals surface area contributed by atoms with Crippen molar-refractivity contribution in [3.63, 3.8) is 0 Å². The zero-order chi connectivity index (χ0) is 25.5. The van der Waals surface area contributed by atoms with Gasteiger partial charge in [-0.2, -0.15) is 4.98 Å². The summed E-state index contributed by atoms with van der Waals surface area (Å²) in [5.41, 5.74) is 4.03. The number of ether oxygens (including phenoxy) is 1. The minimum Gasteiger partial charge on any atom is -0.478 e. The van der Waals surface area contributed by atoms with Crippen LogP contribution in [0.1, 0.15) is 27.4 Å². The molecule has 0 unspecified atom stereocenters. The van der Waals surface area contributed by atoms with E-state index in [2.05, 4.69) is 25.5 Å². The standard InChI is InChI=1S/C26H18N6O5/c33-23-21-22(31-32(30-21)15-7-5-6-14(12-15)24(34)35)27-25(28-23)29-26(36)37-13-20-18-10-3-1-8-16(18)17-9-2-4-11-19(17)20/h1-12,20H,13H2,(H,34,35)(H2,27,28,29,31,33,36). The number of carbonyl (C=O) groups is 2. The smallest absolute Gasteiger partial charge is 0.414 e. The number of carboxylic acids is 1. The number of carboxylic acid groups (broad SMARTS) is 1. The summed E-state index contributed by atoms with van der Waals surface area (Å²) in [5, 5.41) is 19.9. The molecule has 0 saturated carbocycles. The number of benzene rings is 3. The molecule has 1 aliphatic rings. The quantitative estimate of drug-likeness (QED) is 0.335. The molecule has 11 nitrogen and oxygen atoms in total. The van der Waals surface area contributed by atoms with Crippen LogP contribution >= 0.6 is 0 Å². The molecule has 0 atom stereocenters. The minimum absolute atomic E-state index is 0.0292. The highest BCUT2D eigenvalue weighted by Crippen LogP contribution is 2.44. The average molecular weight is 494 g/mol. The third-order valence-electron chi connectivity index (χ3n) is 6.15. The summed E-state index contributed by atoms with van der Waals surface area (Å²) in [6, 6.07) is 21.9. The first-order valence-electron chi connectivity index (χ1n) is 11.3. The molecular weight excluding hydrogens is 476 g/mol. The molecule has 0 radical (unpaired) electrons. The van der Waals surface area contributed by atoms with Gasteiger partial charge in [0.1, 0.15) is 6.61 Å². The summed E-state index contributed by atoms with van der Waals surface area (Å²) >= 11 is 0. The second kappa shape index (κ2) is 8.72. The predicted octanol–water partition coefficient (Wildman–Crippen LogP) is 3.56. The highest BCUT2D eigenvalue weighted by molar-refractivity contribution is 5.88. The van der Waals surface area contributed by atoms with E-state index in [4.69, 9.17) is 4.74 Å². The van der Waals surface area contributed by atoms with E-state index in [1.807, 2.05) is 48.5 Å². The van der Waals surface area contributed by atoms with Gasteiger partial charge in [-0.25, -0.2) is 9.59 Å². The number of nitrogens with one attached hydrogen (secondary N) is 2. The van der Waals surface area contributed by atoms with Gasteiger partial charge in [0.05, 0.1) is 11.3 Å². The summed E-state index contributed by atoms with van der Waals surface area (Å²) in [5.74, 6) is -1.38. The van der Waals surface area contributed by atoms with Crippen LogP contribution in [-0.4, -0.2) is 48.7 Å². The molecule has 0 aliphatic heterocycles. The Hall–Kier alpha value is -5.32. The number of rotatable bonds is 5. The summed E-state index contributed by atoms with van der Waals surface area (Å²) in [4.78, 5) is 44.1. The van der Waals surface area contributed by atoms with Gasteiger partial charge in [-0.1, -0.05) is 54.6 Å². The second-order valence-corrected chi connectivity index (χ2v) is 8.38. The summed E-state index contributed by atoms with van der Waals surface area (Å²) in [6.07, 6.45) is -0.786. The molecule has 11 heteroatoms. The normalized spacial score (nSPS) is 12.2. The van der Waals surface area contributed by atoms with Crippen molar-refractivity contribution in [1.82, 2.24) is 25.0 Å². The molecule has 2 heterocycles. The molecule has 37 heavy (non-hydrogen) atoms. The number of anilines is 1. The zero-order valence-corrected chi connectivity index (χ0v) is 19.1. The number of fused-ring (bicyclic) bond motifs is 4. The highest BCUT2D eigenvalue weighted by atomic mass is 16.5. The van der Waals surface area contributed by atoms with Gasteiger partial charge in [-0.15, -0.1) is 15.0 Å². The molecule has 182 valence electrons. The van der Waals surface area contributed by atoms with Crippen molar-refractivity contribution in [2.45, 2.75) is 5.92 Å². The van der Waals surface area contributed by atoms with E-state index in [1.54, 1.807) is 6.07 Å². The third kappa shape index (κ3) is 3.97. The third-order valence-corrected chi connectivity index (χ3v) is 6.15. The SMILES string of the molecule is O=C(Nc1nc2nn(-c3cccc(C(=O)O)c3)nc2c(=O)[nH]1)OCC1c2ccccc2-c2ccccc21. The number of hydrogen-bond donors (Lipinski definition) is 3. The Morgan fingerprint density at radius 3 is 2.38 bits per heavy atom. The lowest BCUT2D eigenvalue weighted by Gasteiger charge is -2.14. The fraction of sp³-hybridized carbons (Fsp3) is 0.0769. The molecule has 2 aromatic heterocycles. The number of aromatic nitrogens is 5. The predicted molar refractivity (Wildman–Crippen MR) is 133 cm³/mol. The van der Waals surface area contributed by atoms with Gasteiger partial charge in [0.15, 0.2) is 5.52 Å². The van der Waals surface area contributed by atoms with E-state index >= 15 is 0 Å². The van der Waals surface area contributed by atoms with Crippen LogP contribution in [0.2, 0.25) is 0 Å². The maximum atomic E-state index is 12.6. The molecule has 0 fully saturated rings. The molecule has 0 bridgehead atoms. The molecule has 6 rings (SSSR count). The Labute approximate surface area is 208 Å². The van der Waals surface area contributed by atoms with Crippen LogP contribution in [0.5, 0.6) is 0 Å². The van der Waals surface area contributed by atoms with Gasteiger partial charge in [0, 0.05) is 5.92 Å². The van der Waals surface area contributed by atoms with Gasteiger partial charge < -0.3 is 9.84 Å². The fourth-order valence-electron chi connectivity index (χ4n) is 4.49. The van der Waals surface area contributed by atoms with Crippen molar-refractivity contribution in [3.05, 3.63) is 99.8 Å². The second-order valence-electron chi connectivity index (χ2n) is 8.38. The van der Waals surface area contributed by atoms with Crippen molar-refractivity contribution >= 4 is 29.2 Å². The molecule has 5 aromatic rings. The van der Waals surface area contributed by atoms with Crippen LogP contribution < -0.4 is 10.9 Å². The minimum atomic E-state index is -1.11. The monoisotopic (exact) mass is 494 g/mol. The topological polar surface area (TPSA) is 152 Å². The molecule has 0 spiro atoms. The number of nitrogens with zero attached hydrogens (tertiary/aromatic N) is 4. The van der Waals surface area contributed by atoms with Crippen LogP contribution in [0.4, 0.5) is 10.7 Å². The van der Waals surface area contributed by atoms with E-state index in [0.717, 1.165) is 27.1 Å². The fourth-order valence-corrected chi connectivity index (χ4v) is 4.49. The van der Waals surface area contributed by atoms with Gasteiger partial charge in [-0.05, 0) is 40.5 Å². The summed E-state index contributed by atoms with van der Waals surface area (Å²) < 4.78 is 5.50. The van der Waals surface area contributed by atoms with Crippen molar-refractivity contribution in [1.29, 1.82) is 0 Å². The highest BCUT2D eigenvalue weighted by Gasteiger charge is 2.29. The van der Waals surface area contributed by atoms with Gasteiger partial charge >= 0.3 is 12.1 Å². The number of aromatic amines is 1. The maximum Gasteiger partial charge on any atom is 0.414 e. The molecule has 1 amide bonds. The van der Waals surface area contributed by atoms with Crippen molar-refractivity contribution in [2.24, 2.45) is 0 Å². The first kappa shape index (κ1) is 22.2.